The van der Waals surface area contributed by atoms with Gasteiger partial charge in [0.15, 0.2) is 5.82 Å². The van der Waals surface area contributed by atoms with E-state index in [1.807, 2.05) is 6.92 Å². The van der Waals surface area contributed by atoms with Gasteiger partial charge in [0.05, 0.1) is 11.3 Å². The molecular formula is C19H18F3IN6O. The lowest BCUT2D eigenvalue weighted by Crippen LogP contribution is -2.43. The molecule has 7 nitrogen and oxygen atoms in total. The monoisotopic (exact) mass is 530 g/mol. The normalized spacial score (nSPS) is 19.6. The summed E-state index contributed by atoms with van der Waals surface area (Å²) in [5.74, 6) is -1.19. The maximum absolute atomic E-state index is 14.6. The van der Waals surface area contributed by atoms with Gasteiger partial charge in [0, 0.05) is 24.7 Å². The molecule has 1 fully saturated rings. The Morgan fingerprint density at radius 2 is 2.07 bits per heavy atom. The lowest BCUT2D eigenvalue weighted by molar-refractivity contribution is 0.0660. The number of amides is 1. The highest BCUT2D eigenvalue weighted by atomic mass is 127. The number of rotatable bonds is 3. The predicted molar refractivity (Wildman–Crippen MR) is 110 cm³/mol. The number of hydrogen-bond acceptors (Lipinski definition) is 5. The first-order valence-corrected chi connectivity index (χ1v) is 10.4. The third-order valence-electron chi connectivity index (χ3n) is 5.42. The minimum Gasteiger partial charge on any atom is -0.338 e. The highest BCUT2D eigenvalue weighted by molar-refractivity contribution is 14.1. The third-order valence-corrected chi connectivity index (χ3v) is 6.14. The molecule has 0 aromatic carbocycles. The molecule has 0 bridgehead atoms. The van der Waals surface area contributed by atoms with Crippen LogP contribution in [0.1, 0.15) is 53.1 Å². The van der Waals surface area contributed by atoms with Crippen LogP contribution < -0.4 is 0 Å². The van der Waals surface area contributed by atoms with Crippen molar-refractivity contribution in [2.24, 2.45) is 5.92 Å². The quantitative estimate of drug-likeness (QED) is 0.381. The minimum atomic E-state index is -2.75. The van der Waals surface area contributed by atoms with E-state index in [4.69, 9.17) is 0 Å². The first kappa shape index (κ1) is 20.9. The summed E-state index contributed by atoms with van der Waals surface area (Å²) in [6.07, 6.45) is -0.853. The second-order valence-corrected chi connectivity index (χ2v) is 8.44. The summed E-state index contributed by atoms with van der Waals surface area (Å²) in [7, 11) is 0. The molecule has 0 radical (unpaired) electrons. The molecule has 3 aromatic heterocycles. The van der Waals surface area contributed by atoms with E-state index in [2.05, 4.69) is 20.1 Å². The van der Waals surface area contributed by atoms with Gasteiger partial charge in [-0.15, -0.1) is 0 Å². The molecule has 4 heterocycles. The molecule has 0 aliphatic carbocycles. The van der Waals surface area contributed by atoms with Crippen molar-refractivity contribution in [2.75, 3.05) is 13.1 Å². The number of fused-ring (bicyclic) bond motifs is 1. The number of aryl methyl sites for hydroxylation is 1. The summed E-state index contributed by atoms with van der Waals surface area (Å²) in [4.78, 5) is 26.5. The van der Waals surface area contributed by atoms with E-state index in [0.717, 1.165) is 0 Å². The zero-order valence-electron chi connectivity index (χ0n) is 16.2. The average molecular weight is 530 g/mol. The Morgan fingerprint density at radius 1 is 1.30 bits per heavy atom. The van der Waals surface area contributed by atoms with Gasteiger partial charge in [-0.25, -0.2) is 27.7 Å². The zero-order valence-corrected chi connectivity index (χ0v) is 18.3. The molecule has 158 valence electrons. The van der Waals surface area contributed by atoms with Crippen LogP contribution >= 0.6 is 22.6 Å². The number of likely N-dealkylation sites (tertiary alicyclic amines) is 1. The number of pyridine rings is 1. The van der Waals surface area contributed by atoms with Gasteiger partial charge in [-0.3, -0.25) is 4.79 Å². The highest BCUT2D eigenvalue weighted by Gasteiger charge is 2.34. The van der Waals surface area contributed by atoms with Crippen molar-refractivity contribution in [1.29, 1.82) is 0 Å². The van der Waals surface area contributed by atoms with Crippen LogP contribution in [0.3, 0.4) is 0 Å². The van der Waals surface area contributed by atoms with Gasteiger partial charge in [-0.05, 0) is 54.0 Å². The van der Waals surface area contributed by atoms with Gasteiger partial charge in [-0.1, -0.05) is 6.92 Å². The van der Waals surface area contributed by atoms with Crippen molar-refractivity contribution in [1.82, 2.24) is 29.5 Å². The Kier molecular flexibility index (Phi) is 5.64. The molecule has 0 N–H and O–H groups in total. The average Bonchev–Trinajstić information content (AvgIpc) is 3.18. The van der Waals surface area contributed by atoms with Gasteiger partial charge in [0.1, 0.15) is 15.7 Å². The molecule has 30 heavy (non-hydrogen) atoms. The summed E-state index contributed by atoms with van der Waals surface area (Å²) < 4.78 is 42.8. The Bertz CT molecular complexity index is 1120. The largest absolute Gasteiger partial charge is 0.338 e. The van der Waals surface area contributed by atoms with Crippen molar-refractivity contribution in [3.05, 3.63) is 50.6 Å². The van der Waals surface area contributed by atoms with Gasteiger partial charge >= 0.3 is 0 Å². The van der Waals surface area contributed by atoms with Crippen LogP contribution in [0.5, 0.6) is 0 Å². The van der Waals surface area contributed by atoms with Crippen LogP contribution in [0.2, 0.25) is 0 Å². The van der Waals surface area contributed by atoms with Crippen LogP contribution in [-0.4, -0.2) is 48.5 Å². The van der Waals surface area contributed by atoms with Crippen molar-refractivity contribution in [3.8, 4) is 0 Å². The fourth-order valence-corrected chi connectivity index (χ4v) is 4.49. The van der Waals surface area contributed by atoms with E-state index < -0.39 is 18.1 Å². The van der Waals surface area contributed by atoms with Gasteiger partial charge in [-0.2, -0.15) is 10.1 Å². The molecule has 0 unspecified atom stereocenters. The van der Waals surface area contributed by atoms with Crippen molar-refractivity contribution in [3.63, 3.8) is 0 Å². The SMILES string of the molecule is Cc1cc(C(=O)N2CC[C@@H](C)[C@H](c3cc(C(F)F)nc4ncnn34)C2)c(F)c(I)n1. The van der Waals surface area contributed by atoms with E-state index in [-0.39, 0.29) is 39.1 Å². The van der Waals surface area contributed by atoms with Crippen molar-refractivity contribution < 1.29 is 18.0 Å². The standard InChI is InChI=1S/C19H18F3IN6O/c1-9-3-4-28(18(30)11-5-10(2)26-17(23)15(11)20)7-12(9)14-6-13(16(21)22)27-19-24-8-25-29(14)19/h5-6,8-9,12,16H,3-4,7H2,1-2H3/t9-,12-/m1/s1. The van der Waals surface area contributed by atoms with Gasteiger partial charge in [0.2, 0.25) is 0 Å². The number of hydrogen-bond donors (Lipinski definition) is 0. The van der Waals surface area contributed by atoms with Crippen LogP contribution in [-0.2, 0) is 0 Å². The summed E-state index contributed by atoms with van der Waals surface area (Å²) in [6.45, 7) is 4.39. The molecule has 0 spiro atoms. The number of carbonyl (C=O) groups excluding carboxylic acids is 1. The summed E-state index contributed by atoms with van der Waals surface area (Å²) >= 11 is 1.76. The molecular weight excluding hydrogens is 512 g/mol. The third kappa shape index (κ3) is 3.74. The lowest BCUT2D eigenvalue weighted by atomic mass is 9.84. The van der Waals surface area contributed by atoms with E-state index >= 15 is 0 Å². The van der Waals surface area contributed by atoms with Gasteiger partial charge in [0.25, 0.3) is 18.1 Å². The first-order chi connectivity index (χ1) is 14.3. The Hall–Kier alpha value is -2.31. The molecule has 2 atom stereocenters. The molecule has 1 aliphatic rings. The summed E-state index contributed by atoms with van der Waals surface area (Å²) in [5.41, 5.74) is 0.644. The fourth-order valence-electron chi connectivity index (χ4n) is 3.81. The number of piperidine rings is 1. The summed E-state index contributed by atoms with van der Waals surface area (Å²) in [6, 6.07) is 2.76. The van der Waals surface area contributed by atoms with E-state index in [1.165, 1.54) is 23.0 Å². The molecule has 0 saturated carbocycles. The van der Waals surface area contributed by atoms with Crippen LogP contribution in [0.15, 0.2) is 18.5 Å². The minimum absolute atomic E-state index is 0.0332. The Balaban J connectivity index is 1.71. The molecule has 1 amide bonds. The molecule has 1 saturated heterocycles. The summed E-state index contributed by atoms with van der Waals surface area (Å²) in [5, 5.41) is 4.12. The van der Waals surface area contributed by atoms with Gasteiger partial charge < -0.3 is 4.90 Å². The second-order valence-electron chi connectivity index (χ2n) is 7.42. The molecule has 1 aliphatic heterocycles. The van der Waals surface area contributed by atoms with Crippen molar-refractivity contribution >= 4 is 34.3 Å². The maximum Gasteiger partial charge on any atom is 0.280 e. The topological polar surface area (TPSA) is 76.3 Å². The highest BCUT2D eigenvalue weighted by Crippen LogP contribution is 2.34. The zero-order chi connectivity index (χ0) is 21.6. The Labute approximate surface area is 183 Å². The Morgan fingerprint density at radius 3 is 2.80 bits per heavy atom. The first-order valence-electron chi connectivity index (χ1n) is 9.37. The van der Waals surface area contributed by atoms with E-state index in [1.54, 1.807) is 34.4 Å². The number of aromatic nitrogens is 5. The van der Waals surface area contributed by atoms with E-state index in [0.29, 0.717) is 24.4 Å². The van der Waals surface area contributed by atoms with Crippen LogP contribution in [0.4, 0.5) is 13.2 Å². The molecule has 3 aromatic rings. The maximum atomic E-state index is 14.6. The number of halogens is 4. The lowest BCUT2D eigenvalue weighted by Gasteiger charge is -2.37. The number of alkyl halides is 2. The fraction of sp³-hybridized carbons (Fsp3) is 0.421. The number of nitrogens with zero attached hydrogens (tertiary/aromatic N) is 6. The van der Waals surface area contributed by atoms with Crippen molar-refractivity contribution in [2.45, 2.75) is 32.6 Å². The molecule has 4 rings (SSSR count). The predicted octanol–water partition coefficient (Wildman–Crippen LogP) is 3.77. The van der Waals surface area contributed by atoms with Crippen LogP contribution in [0.25, 0.3) is 5.78 Å². The second kappa shape index (κ2) is 8.08. The number of carbonyl (C=O) groups is 1. The smallest absolute Gasteiger partial charge is 0.280 e. The van der Waals surface area contributed by atoms with E-state index in [9.17, 15) is 18.0 Å². The van der Waals surface area contributed by atoms with Crippen LogP contribution in [0, 0.1) is 22.4 Å². The molecule has 11 heteroatoms.